The number of benzene rings is 2. The van der Waals surface area contributed by atoms with E-state index in [0.717, 1.165) is 11.1 Å². The largest absolute Gasteiger partial charge is 0.385 e. The van der Waals surface area contributed by atoms with Gasteiger partial charge in [-0.15, -0.1) is 0 Å². The number of aliphatic hydroxyl groups is 1. The molecule has 2 aromatic carbocycles. The zero-order valence-electron chi connectivity index (χ0n) is 15.9. The van der Waals surface area contributed by atoms with Crippen LogP contribution in [0.3, 0.4) is 0 Å². The first-order valence-electron chi connectivity index (χ1n) is 9.45. The lowest BCUT2D eigenvalue weighted by Gasteiger charge is -2.25. The minimum absolute atomic E-state index is 0.258. The predicted octanol–water partition coefficient (Wildman–Crippen LogP) is 3.30. The molecule has 1 fully saturated rings. The molecule has 1 aliphatic heterocycles. The highest BCUT2D eigenvalue weighted by Crippen LogP contribution is 2.29. The molecule has 1 aliphatic rings. The molecule has 1 unspecified atom stereocenters. The van der Waals surface area contributed by atoms with Crippen LogP contribution in [0.25, 0.3) is 0 Å². The summed E-state index contributed by atoms with van der Waals surface area (Å²) in [5, 5.41) is 10.6. The second-order valence-electron chi connectivity index (χ2n) is 6.68. The normalized spacial score (nSPS) is 26.2. The van der Waals surface area contributed by atoms with E-state index in [9.17, 15) is 5.11 Å². The summed E-state index contributed by atoms with van der Waals surface area (Å²) < 4.78 is 23.5. The van der Waals surface area contributed by atoms with Crippen molar-refractivity contribution in [1.29, 1.82) is 0 Å². The summed E-state index contributed by atoms with van der Waals surface area (Å²) in [5.41, 5.74) is 2.13. The lowest BCUT2D eigenvalue weighted by molar-refractivity contribution is -0.180. The van der Waals surface area contributed by atoms with E-state index in [1.54, 1.807) is 0 Å². The number of hydrogen-bond donors (Lipinski definition) is 1. The lowest BCUT2D eigenvalue weighted by Crippen LogP contribution is -2.41. The fourth-order valence-corrected chi connectivity index (χ4v) is 3.20. The number of hydrogen-bond acceptors (Lipinski definition) is 5. The van der Waals surface area contributed by atoms with Crippen molar-refractivity contribution in [3.05, 3.63) is 71.8 Å². The highest BCUT2D eigenvalue weighted by atomic mass is 16.7. The molecule has 0 aromatic heterocycles. The van der Waals surface area contributed by atoms with Gasteiger partial charge in [0.2, 0.25) is 0 Å². The molecular formula is C22H28O5. The van der Waals surface area contributed by atoms with Crippen LogP contribution in [0.4, 0.5) is 0 Å². The van der Waals surface area contributed by atoms with Gasteiger partial charge in [-0.05, 0) is 25.0 Å². The SMILES string of the molecule is CCOC1O[C@H]([C@@H](C)OCc2ccccc2)[C@H](OCc2ccccc2)[C@H]1O. The highest BCUT2D eigenvalue weighted by Gasteiger charge is 2.47. The van der Waals surface area contributed by atoms with Crippen LogP contribution < -0.4 is 0 Å². The molecule has 5 heteroatoms. The van der Waals surface area contributed by atoms with E-state index in [1.807, 2.05) is 74.5 Å². The van der Waals surface area contributed by atoms with E-state index in [4.69, 9.17) is 18.9 Å². The van der Waals surface area contributed by atoms with Gasteiger partial charge in [-0.2, -0.15) is 0 Å². The Bertz CT molecular complexity index is 663. The molecule has 146 valence electrons. The maximum atomic E-state index is 10.6. The Morgan fingerprint density at radius 1 is 0.926 bits per heavy atom. The fraction of sp³-hybridized carbons (Fsp3) is 0.455. The second kappa shape index (κ2) is 9.97. The molecule has 0 saturated carbocycles. The third-order valence-corrected chi connectivity index (χ3v) is 4.67. The minimum atomic E-state index is -0.860. The van der Waals surface area contributed by atoms with Crippen molar-refractivity contribution >= 4 is 0 Å². The van der Waals surface area contributed by atoms with Crippen LogP contribution in [-0.2, 0) is 32.2 Å². The second-order valence-corrected chi connectivity index (χ2v) is 6.68. The van der Waals surface area contributed by atoms with Gasteiger partial charge in [-0.1, -0.05) is 60.7 Å². The van der Waals surface area contributed by atoms with Crippen LogP contribution in [0.15, 0.2) is 60.7 Å². The van der Waals surface area contributed by atoms with E-state index in [1.165, 1.54) is 0 Å². The topological polar surface area (TPSA) is 57.2 Å². The fourth-order valence-electron chi connectivity index (χ4n) is 3.20. The third kappa shape index (κ3) is 5.37. The van der Waals surface area contributed by atoms with E-state index in [0.29, 0.717) is 19.8 Å². The Hall–Kier alpha value is -1.76. The maximum Gasteiger partial charge on any atom is 0.186 e. The van der Waals surface area contributed by atoms with Gasteiger partial charge < -0.3 is 24.1 Å². The average molecular weight is 372 g/mol. The van der Waals surface area contributed by atoms with E-state index in [2.05, 4.69) is 0 Å². The summed E-state index contributed by atoms with van der Waals surface area (Å²) in [7, 11) is 0. The van der Waals surface area contributed by atoms with Gasteiger partial charge in [0.15, 0.2) is 6.29 Å². The Morgan fingerprint density at radius 3 is 2.11 bits per heavy atom. The van der Waals surface area contributed by atoms with E-state index in [-0.39, 0.29) is 6.10 Å². The van der Waals surface area contributed by atoms with Crippen molar-refractivity contribution in [1.82, 2.24) is 0 Å². The van der Waals surface area contributed by atoms with Crippen LogP contribution in [0.5, 0.6) is 0 Å². The van der Waals surface area contributed by atoms with Gasteiger partial charge in [-0.25, -0.2) is 0 Å². The van der Waals surface area contributed by atoms with Crippen molar-refractivity contribution in [2.45, 2.75) is 57.8 Å². The molecule has 5 atom stereocenters. The number of ether oxygens (including phenoxy) is 4. The van der Waals surface area contributed by atoms with Gasteiger partial charge in [-0.3, -0.25) is 0 Å². The zero-order valence-corrected chi connectivity index (χ0v) is 15.9. The average Bonchev–Trinajstić information content (AvgIpc) is 3.02. The molecule has 0 amide bonds. The first-order valence-corrected chi connectivity index (χ1v) is 9.45. The summed E-state index contributed by atoms with van der Waals surface area (Å²) in [4.78, 5) is 0. The van der Waals surface area contributed by atoms with Crippen molar-refractivity contribution in [2.24, 2.45) is 0 Å². The number of aliphatic hydroxyl groups excluding tert-OH is 1. The molecule has 0 radical (unpaired) electrons. The van der Waals surface area contributed by atoms with Gasteiger partial charge in [0.1, 0.15) is 18.3 Å². The standard InChI is InChI=1S/C22H28O5/c1-3-24-22-19(23)21(26-15-18-12-8-5-9-13-18)20(27-22)16(2)25-14-17-10-6-4-7-11-17/h4-13,16,19-23H,3,14-15H2,1-2H3/t16-,19-,20-,21-,22?/m1/s1. The van der Waals surface area contributed by atoms with Gasteiger partial charge in [0.05, 0.1) is 19.3 Å². The molecule has 3 rings (SSSR count). The molecule has 0 aliphatic carbocycles. The monoisotopic (exact) mass is 372 g/mol. The molecule has 0 bridgehead atoms. The molecule has 0 spiro atoms. The summed E-state index contributed by atoms with van der Waals surface area (Å²) in [6.07, 6.45) is -2.76. The third-order valence-electron chi connectivity index (χ3n) is 4.67. The molecule has 1 N–H and O–H groups in total. The van der Waals surface area contributed by atoms with Crippen LogP contribution in [0.2, 0.25) is 0 Å². The molecule has 27 heavy (non-hydrogen) atoms. The van der Waals surface area contributed by atoms with Gasteiger partial charge >= 0.3 is 0 Å². The van der Waals surface area contributed by atoms with Crippen molar-refractivity contribution in [3.8, 4) is 0 Å². The molecule has 1 heterocycles. The summed E-state index contributed by atoms with van der Waals surface area (Å²) >= 11 is 0. The van der Waals surface area contributed by atoms with Crippen LogP contribution in [-0.4, -0.2) is 42.4 Å². The lowest BCUT2D eigenvalue weighted by atomic mass is 10.1. The molecule has 1 saturated heterocycles. The Kier molecular flexibility index (Phi) is 7.38. The molecule has 2 aromatic rings. The highest BCUT2D eigenvalue weighted by molar-refractivity contribution is 5.14. The molecule has 5 nitrogen and oxygen atoms in total. The first-order chi connectivity index (χ1) is 13.2. The Labute approximate surface area is 160 Å². The summed E-state index contributed by atoms with van der Waals surface area (Å²) in [6.45, 7) is 5.14. The van der Waals surface area contributed by atoms with Crippen LogP contribution in [0.1, 0.15) is 25.0 Å². The smallest absolute Gasteiger partial charge is 0.186 e. The van der Waals surface area contributed by atoms with Crippen molar-refractivity contribution < 1.29 is 24.1 Å². The zero-order chi connectivity index (χ0) is 19.1. The predicted molar refractivity (Wildman–Crippen MR) is 102 cm³/mol. The minimum Gasteiger partial charge on any atom is -0.385 e. The summed E-state index contributed by atoms with van der Waals surface area (Å²) in [5.74, 6) is 0. The van der Waals surface area contributed by atoms with E-state index < -0.39 is 24.6 Å². The van der Waals surface area contributed by atoms with Crippen LogP contribution in [0, 0.1) is 0 Å². The summed E-state index contributed by atoms with van der Waals surface area (Å²) in [6, 6.07) is 19.9. The van der Waals surface area contributed by atoms with Crippen molar-refractivity contribution in [2.75, 3.05) is 6.61 Å². The Morgan fingerprint density at radius 2 is 1.52 bits per heavy atom. The first kappa shape index (κ1) is 20.0. The number of rotatable bonds is 9. The maximum absolute atomic E-state index is 10.6. The van der Waals surface area contributed by atoms with Crippen molar-refractivity contribution in [3.63, 3.8) is 0 Å². The van der Waals surface area contributed by atoms with Crippen LogP contribution >= 0.6 is 0 Å². The molecular weight excluding hydrogens is 344 g/mol. The van der Waals surface area contributed by atoms with Gasteiger partial charge in [0.25, 0.3) is 0 Å². The Balaban J connectivity index is 1.63. The van der Waals surface area contributed by atoms with E-state index >= 15 is 0 Å². The quantitative estimate of drug-likeness (QED) is 0.732. The van der Waals surface area contributed by atoms with Gasteiger partial charge in [0, 0.05) is 6.61 Å².